The maximum absolute atomic E-state index is 13.0. The molecule has 2 rings (SSSR count). The van der Waals surface area contributed by atoms with Crippen LogP contribution in [0.3, 0.4) is 0 Å². The standard InChI is InChI=1S/C20H30ClN3O2/c1-14(2)18(23-19(25)16-4-6-17(21)7-5-16)20(26)24-12-9-15(10-13-24)8-11-22-3/h4-7,14-15,18,22H,8-13H2,1-3H3,(H,23,25). The molecule has 0 spiro atoms. The lowest BCUT2D eigenvalue weighted by Crippen LogP contribution is -2.53. The number of nitrogens with one attached hydrogen (secondary N) is 2. The molecule has 144 valence electrons. The van der Waals surface area contributed by atoms with E-state index in [-0.39, 0.29) is 17.7 Å². The van der Waals surface area contributed by atoms with Crippen LogP contribution >= 0.6 is 11.6 Å². The molecule has 0 bridgehead atoms. The molecule has 1 saturated heterocycles. The van der Waals surface area contributed by atoms with Gasteiger partial charge < -0.3 is 15.5 Å². The fraction of sp³-hybridized carbons (Fsp3) is 0.600. The fourth-order valence-corrected chi connectivity index (χ4v) is 3.45. The van der Waals surface area contributed by atoms with Gasteiger partial charge in [-0.25, -0.2) is 0 Å². The van der Waals surface area contributed by atoms with Gasteiger partial charge in [0.2, 0.25) is 5.91 Å². The van der Waals surface area contributed by atoms with Crippen molar-refractivity contribution < 1.29 is 9.59 Å². The van der Waals surface area contributed by atoms with Crippen LogP contribution in [-0.4, -0.2) is 49.4 Å². The van der Waals surface area contributed by atoms with E-state index in [1.165, 1.54) is 0 Å². The molecule has 6 heteroatoms. The van der Waals surface area contributed by atoms with Crippen LogP contribution in [0.4, 0.5) is 0 Å². The first-order valence-corrected chi connectivity index (χ1v) is 9.80. The molecule has 5 nitrogen and oxygen atoms in total. The van der Waals surface area contributed by atoms with Crippen molar-refractivity contribution in [3.8, 4) is 0 Å². The van der Waals surface area contributed by atoms with Crippen molar-refractivity contribution in [3.05, 3.63) is 34.9 Å². The van der Waals surface area contributed by atoms with Crippen molar-refractivity contribution >= 4 is 23.4 Å². The second kappa shape index (κ2) is 9.93. The Morgan fingerprint density at radius 1 is 1.19 bits per heavy atom. The highest BCUT2D eigenvalue weighted by Gasteiger charge is 2.31. The Morgan fingerprint density at radius 3 is 2.35 bits per heavy atom. The van der Waals surface area contributed by atoms with Gasteiger partial charge in [0.25, 0.3) is 5.91 Å². The zero-order chi connectivity index (χ0) is 19.1. The van der Waals surface area contributed by atoms with Gasteiger partial charge >= 0.3 is 0 Å². The molecule has 26 heavy (non-hydrogen) atoms. The van der Waals surface area contributed by atoms with E-state index in [0.717, 1.165) is 38.9 Å². The summed E-state index contributed by atoms with van der Waals surface area (Å²) in [4.78, 5) is 27.4. The average molecular weight is 380 g/mol. The number of carbonyl (C=O) groups excluding carboxylic acids is 2. The smallest absolute Gasteiger partial charge is 0.251 e. The molecule has 0 saturated carbocycles. The van der Waals surface area contributed by atoms with Crippen LogP contribution in [0.5, 0.6) is 0 Å². The Kier molecular flexibility index (Phi) is 7.91. The third-order valence-corrected chi connectivity index (χ3v) is 5.31. The van der Waals surface area contributed by atoms with Gasteiger partial charge in [-0.3, -0.25) is 9.59 Å². The summed E-state index contributed by atoms with van der Waals surface area (Å²) in [6.45, 7) is 6.49. The Hall–Kier alpha value is -1.59. The quantitative estimate of drug-likeness (QED) is 0.765. The Bertz CT molecular complexity index is 596. The minimum absolute atomic E-state index is 0.0226. The van der Waals surface area contributed by atoms with Crippen molar-refractivity contribution in [2.24, 2.45) is 11.8 Å². The van der Waals surface area contributed by atoms with Gasteiger partial charge in [0.05, 0.1) is 0 Å². The Labute approximate surface area is 161 Å². The topological polar surface area (TPSA) is 61.4 Å². The molecule has 2 amide bonds. The summed E-state index contributed by atoms with van der Waals surface area (Å²) in [5.41, 5.74) is 0.513. The van der Waals surface area contributed by atoms with Crippen LogP contribution in [0, 0.1) is 11.8 Å². The summed E-state index contributed by atoms with van der Waals surface area (Å²) in [5, 5.41) is 6.68. The van der Waals surface area contributed by atoms with Crippen LogP contribution in [0.1, 0.15) is 43.5 Å². The number of hydrogen-bond donors (Lipinski definition) is 2. The predicted octanol–water partition coefficient (Wildman–Crippen LogP) is 2.94. The largest absolute Gasteiger partial charge is 0.341 e. The van der Waals surface area contributed by atoms with Crippen molar-refractivity contribution in [1.82, 2.24) is 15.5 Å². The molecule has 1 aromatic carbocycles. The van der Waals surface area contributed by atoms with Crippen molar-refractivity contribution in [1.29, 1.82) is 0 Å². The molecule has 1 aliphatic heterocycles. The highest BCUT2D eigenvalue weighted by molar-refractivity contribution is 6.30. The van der Waals surface area contributed by atoms with E-state index in [0.29, 0.717) is 16.5 Å². The Morgan fingerprint density at radius 2 is 1.81 bits per heavy atom. The Balaban J connectivity index is 1.95. The van der Waals surface area contributed by atoms with E-state index in [9.17, 15) is 9.59 Å². The van der Waals surface area contributed by atoms with Gasteiger partial charge in [-0.1, -0.05) is 25.4 Å². The number of amides is 2. The van der Waals surface area contributed by atoms with E-state index in [1.54, 1.807) is 24.3 Å². The maximum atomic E-state index is 13.0. The first-order valence-electron chi connectivity index (χ1n) is 9.42. The van der Waals surface area contributed by atoms with E-state index >= 15 is 0 Å². The molecule has 1 fully saturated rings. The number of nitrogens with zero attached hydrogens (tertiary/aromatic N) is 1. The zero-order valence-corrected chi connectivity index (χ0v) is 16.7. The predicted molar refractivity (Wildman–Crippen MR) is 105 cm³/mol. The summed E-state index contributed by atoms with van der Waals surface area (Å²) in [5.74, 6) is 0.487. The normalized spacial score (nSPS) is 16.6. The van der Waals surface area contributed by atoms with Gasteiger partial charge in [-0.05, 0) is 69.0 Å². The molecule has 1 atom stereocenters. The average Bonchev–Trinajstić information content (AvgIpc) is 2.64. The van der Waals surface area contributed by atoms with E-state index in [4.69, 9.17) is 11.6 Å². The van der Waals surface area contributed by atoms with Crippen LogP contribution in [0.2, 0.25) is 5.02 Å². The van der Waals surface area contributed by atoms with E-state index in [2.05, 4.69) is 10.6 Å². The first-order chi connectivity index (χ1) is 12.4. The number of carbonyl (C=O) groups is 2. The summed E-state index contributed by atoms with van der Waals surface area (Å²) >= 11 is 5.87. The highest BCUT2D eigenvalue weighted by Crippen LogP contribution is 2.21. The lowest BCUT2D eigenvalue weighted by molar-refractivity contribution is -0.135. The molecule has 0 aliphatic carbocycles. The summed E-state index contributed by atoms with van der Waals surface area (Å²) in [6.07, 6.45) is 3.21. The van der Waals surface area contributed by atoms with Gasteiger partial charge in [0, 0.05) is 23.7 Å². The molecule has 2 N–H and O–H groups in total. The van der Waals surface area contributed by atoms with Crippen LogP contribution in [-0.2, 0) is 4.79 Å². The molecule has 1 aromatic rings. The third-order valence-electron chi connectivity index (χ3n) is 5.05. The summed E-state index contributed by atoms with van der Waals surface area (Å²) in [7, 11) is 1.97. The summed E-state index contributed by atoms with van der Waals surface area (Å²) < 4.78 is 0. The van der Waals surface area contributed by atoms with Gasteiger partial charge in [0.1, 0.15) is 6.04 Å². The zero-order valence-electron chi connectivity index (χ0n) is 15.9. The van der Waals surface area contributed by atoms with Gasteiger partial charge in [0.15, 0.2) is 0 Å². The lowest BCUT2D eigenvalue weighted by atomic mass is 9.92. The van der Waals surface area contributed by atoms with Crippen molar-refractivity contribution in [2.75, 3.05) is 26.7 Å². The second-order valence-corrected chi connectivity index (χ2v) is 7.80. The van der Waals surface area contributed by atoms with Crippen LogP contribution in [0.25, 0.3) is 0 Å². The minimum atomic E-state index is -0.507. The molecule has 1 unspecified atom stereocenters. The van der Waals surface area contributed by atoms with Gasteiger partial charge in [-0.15, -0.1) is 0 Å². The lowest BCUT2D eigenvalue weighted by Gasteiger charge is -2.35. The molecular formula is C20H30ClN3O2. The molecule has 0 radical (unpaired) electrons. The monoisotopic (exact) mass is 379 g/mol. The number of rotatable bonds is 7. The van der Waals surface area contributed by atoms with Crippen LogP contribution < -0.4 is 10.6 Å². The second-order valence-electron chi connectivity index (χ2n) is 7.36. The number of benzene rings is 1. The SMILES string of the molecule is CNCCC1CCN(C(=O)C(NC(=O)c2ccc(Cl)cc2)C(C)C)CC1. The number of piperidine rings is 1. The molecule has 1 heterocycles. The van der Waals surface area contributed by atoms with E-state index in [1.807, 2.05) is 25.8 Å². The maximum Gasteiger partial charge on any atom is 0.251 e. The third kappa shape index (κ3) is 5.71. The van der Waals surface area contributed by atoms with Crippen molar-refractivity contribution in [3.63, 3.8) is 0 Å². The molecular weight excluding hydrogens is 350 g/mol. The van der Waals surface area contributed by atoms with Crippen molar-refractivity contribution in [2.45, 2.75) is 39.2 Å². The van der Waals surface area contributed by atoms with E-state index < -0.39 is 6.04 Å². The number of hydrogen-bond acceptors (Lipinski definition) is 3. The fourth-order valence-electron chi connectivity index (χ4n) is 3.33. The molecule has 1 aliphatic rings. The highest BCUT2D eigenvalue weighted by atomic mass is 35.5. The first kappa shape index (κ1) is 20.7. The summed E-state index contributed by atoms with van der Waals surface area (Å²) in [6, 6.07) is 6.20. The minimum Gasteiger partial charge on any atom is -0.341 e. The number of likely N-dealkylation sites (tertiary alicyclic amines) is 1. The number of halogens is 1. The van der Waals surface area contributed by atoms with Crippen LogP contribution in [0.15, 0.2) is 24.3 Å². The van der Waals surface area contributed by atoms with Gasteiger partial charge in [-0.2, -0.15) is 0 Å². The molecule has 0 aromatic heterocycles.